The molecule has 7 heteroatoms. The van der Waals surface area contributed by atoms with Crippen LogP contribution in [-0.4, -0.2) is 23.3 Å². The fraction of sp³-hybridized carbons (Fsp3) is 0.350. The third kappa shape index (κ3) is 4.42. The van der Waals surface area contributed by atoms with Gasteiger partial charge < -0.3 is 13.6 Å². The van der Waals surface area contributed by atoms with E-state index in [0.717, 1.165) is 5.56 Å². The molecule has 0 bridgehead atoms. The first-order valence-electron chi connectivity index (χ1n) is 8.53. The van der Waals surface area contributed by atoms with Crippen molar-refractivity contribution in [2.75, 3.05) is 7.11 Å². The average molecular weight is 386 g/mol. The van der Waals surface area contributed by atoms with Crippen molar-refractivity contribution in [2.24, 2.45) is 0 Å². The zero-order chi connectivity index (χ0) is 19.6. The number of furan rings is 1. The van der Waals surface area contributed by atoms with E-state index in [9.17, 15) is 4.79 Å². The van der Waals surface area contributed by atoms with Gasteiger partial charge in [-0.3, -0.25) is 0 Å². The number of nitrogens with zero attached hydrogens (tertiary/aromatic N) is 2. The van der Waals surface area contributed by atoms with Crippen molar-refractivity contribution < 1.29 is 18.4 Å². The van der Waals surface area contributed by atoms with Gasteiger partial charge in [0.1, 0.15) is 17.1 Å². The minimum absolute atomic E-state index is 0.0958. The number of hydrogen-bond donors (Lipinski definition) is 0. The van der Waals surface area contributed by atoms with Gasteiger partial charge in [0, 0.05) is 5.56 Å². The molecular formula is C20H22N2O4S. The Morgan fingerprint density at radius 1 is 1.15 bits per heavy atom. The highest BCUT2D eigenvalue weighted by Crippen LogP contribution is 2.29. The van der Waals surface area contributed by atoms with Gasteiger partial charge in [-0.05, 0) is 36.1 Å². The Morgan fingerprint density at radius 2 is 1.85 bits per heavy atom. The second-order valence-corrected chi connectivity index (χ2v) is 8.09. The molecular weight excluding hydrogens is 364 g/mol. The lowest BCUT2D eigenvalue weighted by molar-refractivity contribution is 0.0599. The smallest absolute Gasteiger partial charge is 0.341 e. The Hall–Kier alpha value is -2.54. The second-order valence-electron chi connectivity index (χ2n) is 7.16. The van der Waals surface area contributed by atoms with Gasteiger partial charge in [0.2, 0.25) is 5.89 Å². The van der Waals surface area contributed by atoms with E-state index in [1.165, 1.54) is 24.4 Å². The number of benzene rings is 1. The molecule has 0 aliphatic rings. The summed E-state index contributed by atoms with van der Waals surface area (Å²) in [6, 6.07) is 9.80. The molecule has 3 aromatic rings. The Bertz CT molecular complexity index is 936. The van der Waals surface area contributed by atoms with E-state index in [1.54, 1.807) is 13.0 Å². The Morgan fingerprint density at radius 3 is 2.48 bits per heavy atom. The minimum atomic E-state index is -0.411. The van der Waals surface area contributed by atoms with Crippen molar-refractivity contribution in [3.8, 4) is 11.5 Å². The van der Waals surface area contributed by atoms with Crippen molar-refractivity contribution >= 4 is 17.7 Å². The van der Waals surface area contributed by atoms with Crippen LogP contribution in [0.25, 0.3) is 11.5 Å². The Labute approximate surface area is 162 Å². The predicted molar refractivity (Wildman–Crippen MR) is 103 cm³/mol. The first-order chi connectivity index (χ1) is 12.8. The van der Waals surface area contributed by atoms with Gasteiger partial charge in [-0.1, -0.05) is 44.7 Å². The number of aryl methyl sites for hydroxylation is 1. The Kier molecular flexibility index (Phi) is 5.41. The van der Waals surface area contributed by atoms with E-state index in [0.29, 0.717) is 34.0 Å². The van der Waals surface area contributed by atoms with Crippen LogP contribution in [0.5, 0.6) is 0 Å². The van der Waals surface area contributed by atoms with Crippen LogP contribution in [0.2, 0.25) is 0 Å². The second kappa shape index (κ2) is 7.60. The number of hydrogen-bond acceptors (Lipinski definition) is 7. The number of thioether (sulfide) groups is 1. The zero-order valence-corrected chi connectivity index (χ0v) is 16.8. The van der Waals surface area contributed by atoms with Crippen molar-refractivity contribution in [1.29, 1.82) is 0 Å². The molecule has 0 amide bonds. The molecule has 0 aliphatic heterocycles. The van der Waals surface area contributed by atoms with Crippen LogP contribution in [0.15, 0.2) is 44.4 Å². The number of esters is 1. The molecule has 0 radical (unpaired) electrons. The summed E-state index contributed by atoms with van der Waals surface area (Å²) in [5.41, 5.74) is 2.65. The topological polar surface area (TPSA) is 78.4 Å². The number of ether oxygens (including phenoxy) is 1. The largest absolute Gasteiger partial charge is 0.465 e. The molecule has 6 nitrogen and oxygen atoms in total. The van der Waals surface area contributed by atoms with Crippen molar-refractivity contribution in [3.63, 3.8) is 0 Å². The molecule has 2 heterocycles. The number of carbonyl (C=O) groups is 1. The average Bonchev–Trinajstić information content (AvgIpc) is 3.25. The molecule has 0 saturated carbocycles. The zero-order valence-electron chi connectivity index (χ0n) is 16.0. The fourth-order valence-corrected chi connectivity index (χ4v) is 3.20. The SMILES string of the molecule is COC(=O)c1cc(CSc2nnc(-c3ccc(C(C)(C)C)cc3)o2)oc1C. The maximum Gasteiger partial charge on any atom is 0.341 e. The lowest BCUT2D eigenvalue weighted by Gasteiger charge is -2.18. The maximum absolute atomic E-state index is 11.6. The molecule has 0 aliphatic carbocycles. The number of methoxy groups -OCH3 is 1. The van der Waals surface area contributed by atoms with Gasteiger partial charge in [-0.25, -0.2) is 4.79 Å². The summed E-state index contributed by atoms with van der Waals surface area (Å²) < 4.78 is 16.0. The van der Waals surface area contributed by atoms with Crippen molar-refractivity contribution in [2.45, 2.75) is 44.1 Å². The highest BCUT2D eigenvalue weighted by molar-refractivity contribution is 7.98. The van der Waals surface area contributed by atoms with Crippen LogP contribution in [0.1, 0.15) is 48.2 Å². The summed E-state index contributed by atoms with van der Waals surface area (Å²) in [7, 11) is 1.34. The van der Waals surface area contributed by atoms with Gasteiger partial charge in [-0.2, -0.15) is 0 Å². The van der Waals surface area contributed by atoms with Crippen LogP contribution >= 0.6 is 11.8 Å². The lowest BCUT2D eigenvalue weighted by Crippen LogP contribution is -2.10. The molecule has 142 valence electrons. The summed E-state index contributed by atoms with van der Waals surface area (Å²) in [5, 5.41) is 8.63. The number of rotatable bonds is 5. The van der Waals surface area contributed by atoms with Crippen molar-refractivity contribution in [3.05, 3.63) is 53.0 Å². The van der Waals surface area contributed by atoms with E-state index in [2.05, 4.69) is 43.1 Å². The highest BCUT2D eigenvalue weighted by atomic mass is 32.2. The van der Waals surface area contributed by atoms with Gasteiger partial charge >= 0.3 is 5.97 Å². The number of carbonyl (C=O) groups excluding carboxylic acids is 1. The predicted octanol–water partition coefficient (Wildman–Crippen LogP) is 5.01. The lowest BCUT2D eigenvalue weighted by atomic mass is 9.87. The first kappa shape index (κ1) is 19.2. The summed E-state index contributed by atoms with van der Waals surface area (Å²) in [6.07, 6.45) is 0. The number of aromatic nitrogens is 2. The standard InChI is InChI=1S/C20H22N2O4S/c1-12-16(18(23)24-5)10-15(25-12)11-27-19-22-21-17(26-19)13-6-8-14(9-7-13)20(2,3)4/h6-10H,11H2,1-5H3. The summed E-state index contributed by atoms with van der Waals surface area (Å²) >= 11 is 1.35. The van der Waals surface area contributed by atoms with Crippen LogP contribution in [-0.2, 0) is 15.9 Å². The summed E-state index contributed by atoms with van der Waals surface area (Å²) in [6.45, 7) is 8.24. The third-order valence-electron chi connectivity index (χ3n) is 4.12. The van der Waals surface area contributed by atoms with E-state index in [4.69, 9.17) is 13.6 Å². The van der Waals surface area contributed by atoms with Gasteiger partial charge in [-0.15, -0.1) is 10.2 Å². The van der Waals surface area contributed by atoms with Crippen LogP contribution in [0.3, 0.4) is 0 Å². The van der Waals surface area contributed by atoms with Crippen LogP contribution in [0, 0.1) is 6.92 Å². The quantitative estimate of drug-likeness (QED) is 0.450. The molecule has 0 fully saturated rings. The summed E-state index contributed by atoms with van der Waals surface area (Å²) in [5.74, 6) is 1.72. The van der Waals surface area contributed by atoms with Gasteiger partial charge in [0.25, 0.3) is 5.22 Å². The molecule has 27 heavy (non-hydrogen) atoms. The molecule has 0 unspecified atom stereocenters. The maximum atomic E-state index is 11.6. The first-order valence-corrected chi connectivity index (χ1v) is 9.51. The highest BCUT2D eigenvalue weighted by Gasteiger charge is 2.17. The molecule has 1 aromatic carbocycles. The molecule has 0 saturated heterocycles. The Balaban J connectivity index is 1.67. The molecule has 0 atom stereocenters. The molecule has 2 aromatic heterocycles. The molecule has 0 spiro atoms. The van der Waals surface area contributed by atoms with Gasteiger partial charge in [0.15, 0.2) is 0 Å². The normalized spacial score (nSPS) is 11.6. The molecule has 0 N–H and O–H groups in total. The molecule has 3 rings (SSSR count). The van der Waals surface area contributed by atoms with Crippen LogP contribution < -0.4 is 0 Å². The van der Waals surface area contributed by atoms with E-state index < -0.39 is 5.97 Å². The van der Waals surface area contributed by atoms with E-state index in [-0.39, 0.29) is 5.41 Å². The summed E-state index contributed by atoms with van der Waals surface area (Å²) in [4.78, 5) is 11.6. The fourth-order valence-electron chi connectivity index (χ4n) is 2.56. The van der Waals surface area contributed by atoms with Crippen LogP contribution in [0.4, 0.5) is 0 Å². The van der Waals surface area contributed by atoms with E-state index in [1.807, 2.05) is 12.1 Å². The van der Waals surface area contributed by atoms with E-state index >= 15 is 0 Å². The van der Waals surface area contributed by atoms with Gasteiger partial charge in [0.05, 0.1) is 12.9 Å². The third-order valence-corrected chi connectivity index (χ3v) is 4.96. The van der Waals surface area contributed by atoms with Crippen molar-refractivity contribution in [1.82, 2.24) is 10.2 Å². The monoisotopic (exact) mass is 386 g/mol. The minimum Gasteiger partial charge on any atom is -0.465 e.